The van der Waals surface area contributed by atoms with Gasteiger partial charge in [-0.1, -0.05) is 18.2 Å². The van der Waals surface area contributed by atoms with E-state index in [0.29, 0.717) is 18.7 Å². The Labute approximate surface area is 146 Å². The zero-order chi connectivity index (χ0) is 17.9. The van der Waals surface area contributed by atoms with E-state index in [0.717, 1.165) is 56.3 Å². The lowest BCUT2D eigenvalue weighted by Gasteiger charge is -2.34. The Bertz CT molecular complexity index is 597. The highest BCUT2D eigenvalue weighted by Crippen LogP contribution is 2.31. The SMILES string of the molecule is O=C([C@H]1CCC[NH+](Cc2ccccc2C(F)(F)F)C1)N1CCCCC1. The molecule has 6 heteroatoms. The van der Waals surface area contributed by atoms with Gasteiger partial charge in [-0.05, 0) is 38.2 Å². The van der Waals surface area contributed by atoms with Crippen LogP contribution in [0.1, 0.15) is 43.2 Å². The molecule has 0 radical (unpaired) electrons. The molecule has 1 amide bonds. The van der Waals surface area contributed by atoms with Crippen LogP contribution >= 0.6 is 0 Å². The van der Waals surface area contributed by atoms with Gasteiger partial charge in [0.2, 0.25) is 5.91 Å². The molecule has 1 aromatic rings. The Hall–Kier alpha value is -1.56. The van der Waals surface area contributed by atoms with Crippen LogP contribution in [0, 0.1) is 5.92 Å². The summed E-state index contributed by atoms with van der Waals surface area (Å²) in [6.07, 6.45) is 0.740. The van der Waals surface area contributed by atoms with Gasteiger partial charge in [-0.15, -0.1) is 0 Å². The first-order valence-corrected chi connectivity index (χ1v) is 9.22. The molecule has 2 atom stereocenters. The summed E-state index contributed by atoms with van der Waals surface area (Å²) in [5.41, 5.74) is -0.219. The Morgan fingerprint density at radius 2 is 1.84 bits per heavy atom. The Morgan fingerprint density at radius 1 is 1.12 bits per heavy atom. The summed E-state index contributed by atoms with van der Waals surface area (Å²) < 4.78 is 39.5. The molecule has 2 fully saturated rings. The summed E-state index contributed by atoms with van der Waals surface area (Å²) in [5, 5.41) is 0. The lowest BCUT2D eigenvalue weighted by molar-refractivity contribution is -0.921. The van der Waals surface area contributed by atoms with Crippen molar-refractivity contribution in [1.29, 1.82) is 0 Å². The maximum absolute atomic E-state index is 13.2. The van der Waals surface area contributed by atoms with Crippen LogP contribution in [-0.2, 0) is 17.5 Å². The van der Waals surface area contributed by atoms with Gasteiger partial charge < -0.3 is 9.80 Å². The van der Waals surface area contributed by atoms with Crippen molar-refractivity contribution >= 4 is 5.91 Å². The number of hydrogen-bond acceptors (Lipinski definition) is 1. The average molecular weight is 355 g/mol. The molecule has 2 saturated heterocycles. The normalized spacial score (nSPS) is 25.0. The fourth-order valence-corrected chi connectivity index (χ4v) is 4.12. The van der Waals surface area contributed by atoms with E-state index < -0.39 is 11.7 Å². The van der Waals surface area contributed by atoms with Gasteiger partial charge in [-0.25, -0.2) is 0 Å². The van der Waals surface area contributed by atoms with E-state index >= 15 is 0 Å². The summed E-state index contributed by atoms with van der Waals surface area (Å²) in [4.78, 5) is 15.8. The first-order valence-electron chi connectivity index (χ1n) is 9.22. The van der Waals surface area contributed by atoms with Gasteiger partial charge in [-0.2, -0.15) is 13.2 Å². The maximum Gasteiger partial charge on any atom is 0.416 e. The second-order valence-electron chi connectivity index (χ2n) is 7.26. The number of alkyl halides is 3. The highest BCUT2D eigenvalue weighted by Gasteiger charge is 2.36. The van der Waals surface area contributed by atoms with Crippen LogP contribution in [0.15, 0.2) is 24.3 Å². The number of likely N-dealkylation sites (tertiary alicyclic amines) is 2. The van der Waals surface area contributed by atoms with Gasteiger partial charge in [-0.3, -0.25) is 4.79 Å². The fraction of sp³-hybridized carbons (Fsp3) is 0.632. The molecule has 2 aliphatic heterocycles. The molecular formula is C19H26F3N2O+. The molecule has 3 nitrogen and oxygen atoms in total. The molecule has 0 bridgehead atoms. The van der Waals surface area contributed by atoms with E-state index in [1.165, 1.54) is 12.5 Å². The predicted octanol–water partition coefficient (Wildman–Crippen LogP) is 2.51. The van der Waals surface area contributed by atoms with Gasteiger partial charge in [0.05, 0.1) is 24.6 Å². The third-order valence-corrected chi connectivity index (χ3v) is 5.40. The standard InChI is InChI=1S/C19H25F3N2O/c20-19(21,22)17-9-3-2-7-15(17)13-23-10-6-8-16(14-23)18(25)24-11-4-1-5-12-24/h2-3,7,9,16H,1,4-6,8,10-14H2/p+1/t16-/m0/s1. The fourth-order valence-electron chi connectivity index (χ4n) is 4.12. The number of nitrogens with zero attached hydrogens (tertiary/aromatic N) is 1. The van der Waals surface area contributed by atoms with Crippen molar-refractivity contribution in [2.75, 3.05) is 26.2 Å². The third kappa shape index (κ3) is 4.54. The molecule has 0 aliphatic carbocycles. The lowest BCUT2D eigenvalue weighted by Crippen LogP contribution is -3.12. The van der Waals surface area contributed by atoms with Gasteiger partial charge in [0.25, 0.3) is 0 Å². The van der Waals surface area contributed by atoms with Crippen molar-refractivity contribution in [3.63, 3.8) is 0 Å². The number of hydrogen-bond donors (Lipinski definition) is 1. The lowest BCUT2D eigenvalue weighted by atomic mass is 9.94. The van der Waals surface area contributed by atoms with Crippen LogP contribution in [0.3, 0.4) is 0 Å². The second kappa shape index (κ2) is 7.77. The van der Waals surface area contributed by atoms with Crippen LogP contribution < -0.4 is 4.90 Å². The van der Waals surface area contributed by atoms with Crippen LogP contribution in [-0.4, -0.2) is 37.0 Å². The topological polar surface area (TPSA) is 24.8 Å². The van der Waals surface area contributed by atoms with Crippen LogP contribution in [0.25, 0.3) is 0 Å². The van der Waals surface area contributed by atoms with E-state index in [9.17, 15) is 18.0 Å². The van der Waals surface area contributed by atoms with Crippen LogP contribution in [0.4, 0.5) is 13.2 Å². The number of carbonyl (C=O) groups is 1. The number of piperidine rings is 2. The summed E-state index contributed by atoms with van der Waals surface area (Å²) in [5.74, 6) is 0.168. The molecule has 1 aromatic carbocycles. The number of amides is 1. The molecule has 0 aromatic heterocycles. The van der Waals surface area contributed by atoms with Crippen LogP contribution in [0.5, 0.6) is 0 Å². The Kier molecular flexibility index (Phi) is 5.67. The first-order chi connectivity index (χ1) is 11.9. The Morgan fingerprint density at radius 3 is 2.56 bits per heavy atom. The Balaban J connectivity index is 1.65. The van der Waals surface area contributed by atoms with E-state index in [2.05, 4.69) is 0 Å². The molecule has 25 heavy (non-hydrogen) atoms. The highest BCUT2D eigenvalue weighted by atomic mass is 19.4. The number of benzene rings is 1. The van der Waals surface area contributed by atoms with Crippen molar-refractivity contribution in [2.24, 2.45) is 5.92 Å². The van der Waals surface area contributed by atoms with Crippen molar-refractivity contribution in [3.05, 3.63) is 35.4 Å². The number of carbonyl (C=O) groups excluding carboxylic acids is 1. The summed E-state index contributed by atoms with van der Waals surface area (Å²) in [6.45, 7) is 3.47. The number of nitrogens with one attached hydrogen (secondary N) is 1. The molecule has 0 spiro atoms. The molecular weight excluding hydrogens is 329 g/mol. The van der Waals surface area contributed by atoms with Crippen molar-refractivity contribution < 1.29 is 22.9 Å². The van der Waals surface area contributed by atoms with Crippen molar-refractivity contribution in [1.82, 2.24) is 4.90 Å². The van der Waals surface area contributed by atoms with E-state index in [-0.39, 0.29) is 11.8 Å². The molecule has 1 N–H and O–H groups in total. The predicted molar refractivity (Wildman–Crippen MR) is 89.0 cm³/mol. The first kappa shape index (κ1) is 18.2. The highest BCUT2D eigenvalue weighted by molar-refractivity contribution is 5.79. The van der Waals surface area contributed by atoms with Crippen molar-refractivity contribution in [2.45, 2.75) is 44.8 Å². The number of rotatable bonds is 3. The second-order valence-corrected chi connectivity index (χ2v) is 7.26. The number of halogens is 3. The third-order valence-electron chi connectivity index (χ3n) is 5.40. The van der Waals surface area contributed by atoms with Gasteiger partial charge >= 0.3 is 6.18 Å². The van der Waals surface area contributed by atoms with Crippen LogP contribution in [0.2, 0.25) is 0 Å². The molecule has 138 valence electrons. The average Bonchev–Trinajstić information content (AvgIpc) is 2.62. The minimum Gasteiger partial charge on any atom is -0.342 e. The zero-order valence-corrected chi connectivity index (χ0v) is 14.4. The van der Waals surface area contributed by atoms with E-state index in [4.69, 9.17) is 0 Å². The zero-order valence-electron chi connectivity index (χ0n) is 14.4. The van der Waals surface area contributed by atoms with E-state index in [1.54, 1.807) is 12.1 Å². The largest absolute Gasteiger partial charge is 0.416 e. The monoisotopic (exact) mass is 355 g/mol. The quantitative estimate of drug-likeness (QED) is 0.885. The van der Waals surface area contributed by atoms with Crippen molar-refractivity contribution in [3.8, 4) is 0 Å². The minimum atomic E-state index is -4.32. The number of quaternary nitrogens is 1. The summed E-state index contributed by atoms with van der Waals surface area (Å²) in [7, 11) is 0. The van der Waals surface area contributed by atoms with Gasteiger partial charge in [0.1, 0.15) is 6.54 Å². The smallest absolute Gasteiger partial charge is 0.342 e. The molecule has 0 saturated carbocycles. The summed E-state index contributed by atoms with van der Waals surface area (Å²) in [6, 6.07) is 5.80. The maximum atomic E-state index is 13.2. The molecule has 3 rings (SSSR count). The molecule has 1 unspecified atom stereocenters. The van der Waals surface area contributed by atoms with Gasteiger partial charge in [0.15, 0.2) is 0 Å². The summed E-state index contributed by atoms with van der Waals surface area (Å²) >= 11 is 0. The van der Waals surface area contributed by atoms with E-state index in [1.807, 2.05) is 4.90 Å². The van der Waals surface area contributed by atoms with Gasteiger partial charge in [0, 0.05) is 18.7 Å². The molecule has 2 aliphatic rings. The molecule has 2 heterocycles. The minimum absolute atomic E-state index is 0.0418.